The van der Waals surface area contributed by atoms with Gasteiger partial charge in [0.15, 0.2) is 0 Å². The second-order valence-electron chi connectivity index (χ2n) is 6.11. The lowest BCUT2D eigenvalue weighted by Crippen LogP contribution is -2.39. The first kappa shape index (κ1) is 18.6. The molecule has 1 atom stereocenters. The normalized spacial score (nSPS) is 15.7. The number of carbonyl (C=O) groups excluding carboxylic acids is 4. The molecule has 7 nitrogen and oxygen atoms in total. The lowest BCUT2D eigenvalue weighted by Gasteiger charge is -2.15. The van der Waals surface area contributed by atoms with Gasteiger partial charge in [0, 0.05) is 12.2 Å². The third-order valence-corrected chi connectivity index (χ3v) is 4.26. The molecule has 0 saturated carbocycles. The summed E-state index contributed by atoms with van der Waals surface area (Å²) < 4.78 is 0. The van der Waals surface area contributed by atoms with Crippen molar-refractivity contribution in [3.63, 3.8) is 0 Å². The molecule has 25 heavy (non-hydrogen) atoms. The van der Waals surface area contributed by atoms with Gasteiger partial charge in [-0.15, -0.1) is 0 Å². The first-order chi connectivity index (χ1) is 11.9. The molecule has 1 aliphatic heterocycles. The van der Waals surface area contributed by atoms with Gasteiger partial charge in [0.1, 0.15) is 6.54 Å². The SMILES string of the molecule is CCCN1C(=O)C(=O)N(CC(=O)Nc2ccc([C@@H](C)CC)cc2)C1=O. The molecule has 0 aromatic heterocycles. The fourth-order valence-corrected chi connectivity index (χ4v) is 2.59. The summed E-state index contributed by atoms with van der Waals surface area (Å²) in [6.07, 6.45) is 1.57. The summed E-state index contributed by atoms with van der Waals surface area (Å²) in [5.41, 5.74) is 1.75. The Morgan fingerprint density at radius 2 is 1.64 bits per heavy atom. The standard InChI is InChI=1S/C18H23N3O4/c1-4-10-20-16(23)17(24)21(18(20)25)11-15(22)19-14-8-6-13(7-9-14)12(3)5-2/h6-9,12H,4-5,10-11H2,1-3H3,(H,19,22)/t12-/m0/s1. The molecule has 134 valence electrons. The average Bonchev–Trinajstić information content (AvgIpc) is 2.80. The maximum absolute atomic E-state index is 12.1. The Morgan fingerprint density at radius 3 is 2.20 bits per heavy atom. The smallest absolute Gasteiger partial charge is 0.325 e. The lowest BCUT2D eigenvalue weighted by atomic mass is 9.99. The van der Waals surface area contributed by atoms with E-state index in [1.54, 1.807) is 19.1 Å². The molecule has 1 saturated heterocycles. The van der Waals surface area contributed by atoms with Crippen molar-refractivity contribution in [1.82, 2.24) is 9.80 Å². The molecule has 1 aromatic carbocycles. The fourth-order valence-electron chi connectivity index (χ4n) is 2.59. The van der Waals surface area contributed by atoms with Gasteiger partial charge >= 0.3 is 17.8 Å². The van der Waals surface area contributed by atoms with Crippen LogP contribution in [-0.2, 0) is 14.4 Å². The Labute approximate surface area is 147 Å². The second-order valence-corrected chi connectivity index (χ2v) is 6.11. The summed E-state index contributed by atoms with van der Waals surface area (Å²) in [5.74, 6) is -1.93. The van der Waals surface area contributed by atoms with Crippen LogP contribution in [0.4, 0.5) is 10.5 Å². The van der Waals surface area contributed by atoms with Crippen molar-refractivity contribution in [3.8, 4) is 0 Å². The number of hydrogen-bond acceptors (Lipinski definition) is 4. The summed E-state index contributed by atoms with van der Waals surface area (Å²) >= 11 is 0. The van der Waals surface area contributed by atoms with Gasteiger partial charge in [-0.2, -0.15) is 0 Å². The van der Waals surface area contributed by atoms with Gasteiger partial charge in [-0.25, -0.2) is 9.69 Å². The van der Waals surface area contributed by atoms with E-state index in [0.717, 1.165) is 11.3 Å². The summed E-state index contributed by atoms with van der Waals surface area (Å²) in [6.45, 7) is 5.71. The largest absolute Gasteiger partial charge is 0.334 e. The zero-order chi connectivity index (χ0) is 18.6. The minimum absolute atomic E-state index is 0.165. The van der Waals surface area contributed by atoms with E-state index in [4.69, 9.17) is 0 Å². The lowest BCUT2D eigenvalue weighted by molar-refractivity contribution is -0.143. The van der Waals surface area contributed by atoms with E-state index in [2.05, 4.69) is 19.2 Å². The summed E-state index contributed by atoms with van der Waals surface area (Å²) in [7, 11) is 0. The van der Waals surface area contributed by atoms with Crippen LogP contribution in [0.2, 0.25) is 0 Å². The maximum Gasteiger partial charge on any atom is 0.334 e. The monoisotopic (exact) mass is 345 g/mol. The van der Waals surface area contributed by atoms with Crippen molar-refractivity contribution in [2.24, 2.45) is 0 Å². The van der Waals surface area contributed by atoms with E-state index in [1.165, 1.54) is 5.56 Å². The quantitative estimate of drug-likeness (QED) is 0.607. The molecule has 0 bridgehead atoms. The van der Waals surface area contributed by atoms with Gasteiger partial charge in [0.05, 0.1) is 0 Å². The van der Waals surface area contributed by atoms with E-state index < -0.39 is 30.3 Å². The molecule has 5 amide bonds. The van der Waals surface area contributed by atoms with E-state index >= 15 is 0 Å². The number of carbonyl (C=O) groups is 4. The van der Waals surface area contributed by atoms with E-state index in [9.17, 15) is 19.2 Å². The van der Waals surface area contributed by atoms with Crippen LogP contribution in [0.25, 0.3) is 0 Å². The minimum atomic E-state index is -0.958. The number of hydrogen-bond donors (Lipinski definition) is 1. The Bertz CT molecular complexity index is 684. The molecular formula is C18H23N3O4. The van der Waals surface area contributed by atoms with E-state index in [0.29, 0.717) is 22.9 Å². The van der Waals surface area contributed by atoms with Gasteiger partial charge in [-0.05, 0) is 36.5 Å². The maximum atomic E-state index is 12.1. The second kappa shape index (κ2) is 7.92. The summed E-state index contributed by atoms with van der Waals surface area (Å²) in [5, 5.41) is 2.64. The number of anilines is 1. The van der Waals surface area contributed by atoms with Gasteiger partial charge in [0.25, 0.3) is 0 Å². The molecule has 1 aromatic rings. The van der Waals surface area contributed by atoms with Crippen LogP contribution in [0, 0.1) is 0 Å². The minimum Gasteiger partial charge on any atom is -0.325 e. The highest BCUT2D eigenvalue weighted by molar-refractivity contribution is 6.45. The summed E-state index contributed by atoms with van der Waals surface area (Å²) in [6, 6.07) is 6.69. The van der Waals surface area contributed by atoms with Crippen molar-refractivity contribution >= 4 is 29.4 Å². The van der Waals surface area contributed by atoms with Crippen LogP contribution in [-0.4, -0.2) is 46.6 Å². The van der Waals surface area contributed by atoms with Gasteiger partial charge in [-0.1, -0.05) is 32.9 Å². The molecule has 1 heterocycles. The van der Waals surface area contributed by atoms with Crippen LogP contribution >= 0.6 is 0 Å². The van der Waals surface area contributed by atoms with Crippen LogP contribution in [0.1, 0.15) is 45.1 Å². The van der Waals surface area contributed by atoms with E-state index in [-0.39, 0.29) is 6.54 Å². The topological polar surface area (TPSA) is 86.8 Å². The third kappa shape index (κ3) is 4.04. The van der Waals surface area contributed by atoms with Crippen molar-refractivity contribution in [3.05, 3.63) is 29.8 Å². The highest BCUT2D eigenvalue weighted by atomic mass is 16.2. The highest BCUT2D eigenvalue weighted by Crippen LogP contribution is 2.20. The first-order valence-electron chi connectivity index (χ1n) is 8.46. The molecule has 1 fully saturated rings. The number of amides is 5. The number of nitrogens with one attached hydrogen (secondary N) is 1. The number of urea groups is 1. The Morgan fingerprint density at radius 1 is 1.04 bits per heavy atom. The van der Waals surface area contributed by atoms with Crippen LogP contribution in [0.15, 0.2) is 24.3 Å². The predicted molar refractivity (Wildman–Crippen MR) is 92.9 cm³/mol. The summed E-state index contributed by atoms with van der Waals surface area (Å²) in [4.78, 5) is 49.4. The zero-order valence-electron chi connectivity index (χ0n) is 14.7. The first-order valence-corrected chi connectivity index (χ1v) is 8.46. The van der Waals surface area contributed by atoms with Crippen LogP contribution < -0.4 is 5.32 Å². The van der Waals surface area contributed by atoms with Crippen LogP contribution in [0.5, 0.6) is 0 Å². The Balaban J connectivity index is 1.99. The molecule has 0 radical (unpaired) electrons. The number of imide groups is 2. The molecule has 7 heteroatoms. The Hall–Kier alpha value is -2.70. The van der Waals surface area contributed by atoms with Gasteiger partial charge < -0.3 is 5.32 Å². The van der Waals surface area contributed by atoms with Crippen molar-refractivity contribution in [1.29, 1.82) is 0 Å². The van der Waals surface area contributed by atoms with Gasteiger partial charge in [-0.3, -0.25) is 19.3 Å². The molecule has 0 unspecified atom stereocenters. The van der Waals surface area contributed by atoms with E-state index in [1.807, 2.05) is 12.1 Å². The number of benzene rings is 1. The van der Waals surface area contributed by atoms with Gasteiger partial charge in [0.2, 0.25) is 5.91 Å². The third-order valence-electron chi connectivity index (χ3n) is 4.26. The van der Waals surface area contributed by atoms with Crippen molar-refractivity contribution < 1.29 is 19.2 Å². The average molecular weight is 345 g/mol. The molecular weight excluding hydrogens is 322 g/mol. The van der Waals surface area contributed by atoms with Crippen molar-refractivity contribution in [2.75, 3.05) is 18.4 Å². The zero-order valence-corrected chi connectivity index (χ0v) is 14.7. The Kier molecular flexibility index (Phi) is 5.90. The van der Waals surface area contributed by atoms with Crippen LogP contribution in [0.3, 0.4) is 0 Å². The van der Waals surface area contributed by atoms with Crippen molar-refractivity contribution in [2.45, 2.75) is 39.5 Å². The molecule has 1 N–H and O–H groups in total. The molecule has 0 aliphatic carbocycles. The molecule has 1 aliphatic rings. The fraction of sp³-hybridized carbons (Fsp3) is 0.444. The molecule has 2 rings (SSSR count). The number of nitrogens with zero attached hydrogens (tertiary/aromatic N) is 2. The molecule has 0 spiro atoms. The predicted octanol–water partition coefficient (Wildman–Crippen LogP) is 2.34. The number of rotatable bonds is 7. The highest BCUT2D eigenvalue weighted by Gasteiger charge is 2.44.